The van der Waals surface area contributed by atoms with Crippen LogP contribution in [0.1, 0.15) is 25.3 Å². The van der Waals surface area contributed by atoms with E-state index in [4.69, 9.17) is 10.5 Å². The van der Waals surface area contributed by atoms with Gasteiger partial charge in [0, 0.05) is 18.2 Å². The molecule has 0 heterocycles. The summed E-state index contributed by atoms with van der Waals surface area (Å²) in [6.07, 6.45) is 2.22. The fourth-order valence-corrected chi connectivity index (χ4v) is 1.89. The highest BCUT2D eigenvalue weighted by Gasteiger charge is 2.11. The normalized spacial score (nSPS) is 12.8. The minimum absolute atomic E-state index is 0.545. The number of para-hydroxylation sites is 1. The van der Waals surface area contributed by atoms with Crippen molar-refractivity contribution < 1.29 is 4.74 Å². The lowest BCUT2D eigenvalue weighted by molar-refractivity contribution is 0.232. The van der Waals surface area contributed by atoms with Gasteiger partial charge in [-0.15, -0.1) is 0 Å². The highest BCUT2D eigenvalue weighted by molar-refractivity contribution is 5.33. The Kier molecular flexibility index (Phi) is 6.01. The number of nitrogens with zero attached hydrogens (tertiary/aromatic N) is 1. The van der Waals surface area contributed by atoms with Crippen molar-refractivity contribution in [2.24, 2.45) is 5.73 Å². The van der Waals surface area contributed by atoms with Crippen LogP contribution in [0.5, 0.6) is 5.75 Å². The predicted molar refractivity (Wildman–Crippen MR) is 72.2 cm³/mol. The molecule has 0 aliphatic carbocycles. The molecule has 0 saturated heterocycles. The molecule has 0 fully saturated rings. The van der Waals surface area contributed by atoms with Crippen molar-refractivity contribution in [1.82, 2.24) is 4.90 Å². The van der Waals surface area contributed by atoms with Crippen molar-refractivity contribution in [3.05, 3.63) is 29.8 Å². The van der Waals surface area contributed by atoms with E-state index in [0.29, 0.717) is 6.04 Å². The van der Waals surface area contributed by atoms with Gasteiger partial charge in [0.15, 0.2) is 0 Å². The minimum Gasteiger partial charge on any atom is -0.496 e. The first-order valence-electron chi connectivity index (χ1n) is 6.21. The molecular formula is C14H24N2O. The van der Waals surface area contributed by atoms with Crippen LogP contribution in [0.2, 0.25) is 0 Å². The lowest BCUT2D eigenvalue weighted by Crippen LogP contribution is -2.29. The van der Waals surface area contributed by atoms with E-state index in [1.54, 1.807) is 7.11 Å². The van der Waals surface area contributed by atoms with E-state index in [1.807, 2.05) is 12.1 Å². The first-order valence-corrected chi connectivity index (χ1v) is 6.21. The zero-order chi connectivity index (χ0) is 12.7. The van der Waals surface area contributed by atoms with Crippen LogP contribution < -0.4 is 10.5 Å². The number of hydrogen-bond acceptors (Lipinski definition) is 3. The number of hydrogen-bond donors (Lipinski definition) is 1. The SMILES string of the molecule is COc1ccccc1CN(C)C(C)CCCN. The van der Waals surface area contributed by atoms with Gasteiger partial charge in [0.05, 0.1) is 7.11 Å². The van der Waals surface area contributed by atoms with E-state index < -0.39 is 0 Å². The summed E-state index contributed by atoms with van der Waals surface area (Å²) < 4.78 is 5.36. The maximum absolute atomic E-state index is 5.54. The molecule has 0 amide bonds. The third kappa shape index (κ3) is 4.36. The minimum atomic E-state index is 0.545. The molecule has 0 bridgehead atoms. The second-order valence-electron chi connectivity index (χ2n) is 4.51. The Bertz CT molecular complexity index is 328. The van der Waals surface area contributed by atoms with E-state index in [2.05, 4.69) is 31.0 Å². The van der Waals surface area contributed by atoms with Gasteiger partial charge in [-0.2, -0.15) is 0 Å². The maximum Gasteiger partial charge on any atom is 0.123 e. The number of rotatable bonds is 7. The van der Waals surface area contributed by atoms with Crippen LogP contribution in [0.4, 0.5) is 0 Å². The molecule has 17 heavy (non-hydrogen) atoms. The highest BCUT2D eigenvalue weighted by Crippen LogP contribution is 2.20. The fourth-order valence-electron chi connectivity index (χ4n) is 1.89. The number of benzene rings is 1. The first-order chi connectivity index (χ1) is 8.19. The molecule has 1 atom stereocenters. The van der Waals surface area contributed by atoms with Crippen LogP contribution in [-0.4, -0.2) is 31.6 Å². The summed E-state index contributed by atoms with van der Waals surface area (Å²) in [5, 5.41) is 0. The molecule has 3 heteroatoms. The fraction of sp³-hybridized carbons (Fsp3) is 0.571. The molecule has 3 nitrogen and oxygen atoms in total. The van der Waals surface area contributed by atoms with Crippen LogP contribution in [0.15, 0.2) is 24.3 Å². The standard InChI is InChI=1S/C14H24N2O/c1-12(7-6-10-15)16(2)11-13-8-4-5-9-14(13)17-3/h4-5,8-9,12H,6-7,10-11,15H2,1-3H3. The average molecular weight is 236 g/mol. The monoisotopic (exact) mass is 236 g/mol. The number of ether oxygens (including phenoxy) is 1. The van der Waals surface area contributed by atoms with Gasteiger partial charge in [-0.1, -0.05) is 18.2 Å². The first kappa shape index (κ1) is 14.0. The van der Waals surface area contributed by atoms with Crippen molar-refractivity contribution in [2.45, 2.75) is 32.4 Å². The number of nitrogens with two attached hydrogens (primary N) is 1. The third-order valence-electron chi connectivity index (χ3n) is 3.19. The van der Waals surface area contributed by atoms with Crippen molar-refractivity contribution in [2.75, 3.05) is 20.7 Å². The summed E-state index contributed by atoms with van der Waals surface area (Å²) in [6.45, 7) is 3.92. The molecule has 1 unspecified atom stereocenters. The van der Waals surface area contributed by atoms with Crippen LogP contribution in [-0.2, 0) is 6.54 Å². The second-order valence-corrected chi connectivity index (χ2v) is 4.51. The smallest absolute Gasteiger partial charge is 0.123 e. The van der Waals surface area contributed by atoms with Gasteiger partial charge in [0.25, 0.3) is 0 Å². The average Bonchev–Trinajstić information content (AvgIpc) is 2.36. The topological polar surface area (TPSA) is 38.5 Å². The van der Waals surface area contributed by atoms with Gasteiger partial charge in [-0.25, -0.2) is 0 Å². The molecular weight excluding hydrogens is 212 g/mol. The lowest BCUT2D eigenvalue weighted by Gasteiger charge is -2.25. The van der Waals surface area contributed by atoms with Crippen LogP contribution in [0.3, 0.4) is 0 Å². The van der Waals surface area contributed by atoms with Crippen molar-refractivity contribution >= 4 is 0 Å². The molecule has 2 N–H and O–H groups in total. The summed E-state index contributed by atoms with van der Waals surface area (Å²) in [5.74, 6) is 0.963. The van der Waals surface area contributed by atoms with Gasteiger partial charge in [0.1, 0.15) is 5.75 Å². The summed E-state index contributed by atoms with van der Waals surface area (Å²) in [5.41, 5.74) is 6.77. The number of methoxy groups -OCH3 is 1. The van der Waals surface area contributed by atoms with Gasteiger partial charge < -0.3 is 10.5 Å². The zero-order valence-corrected chi connectivity index (χ0v) is 11.1. The van der Waals surface area contributed by atoms with E-state index in [9.17, 15) is 0 Å². The van der Waals surface area contributed by atoms with Gasteiger partial charge in [-0.05, 0) is 39.4 Å². The Balaban J connectivity index is 2.57. The zero-order valence-electron chi connectivity index (χ0n) is 11.1. The van der Waals surface area contributed by atoms with Crippen LogP contribution >= 0.6 is 0 Å². The third-order valence-corrected chi connectivity index (χ3v) is 3.19. The summed E-state index contributed by atoms with van der Waals surface area (Å²) >= 11 is 0. The summed E-state index contributed by atoms with van der Waals surface area (Å²) in [6, 6.07) is 8.72. The van der Waals surface area contributed by atoms with Crippen molar-refractivity contribution in [3.8, 4) is 5.75 Å². The van der Waals surface area contributed by atoms with Gasteiger partial charge in [-0.3, -0.25) is 4.90 Å². The summed E-state index contributed by atoms with van der Waals surface area (Å²) in [4.78, 5) is 2.34. The maximum atomic E-state index is 5.54. The van der Waals surface area contributed by atoms with Crippen molar-refractivity contribution in [1.29, 1.82) is 0 Å². The molecule has 1 aromatic rings. The van der Waals surface area contributed by atoms with E-state index in [1.165, 1.54) is 5.56 Å². The van der Waals surface area contributed by atoms with Crippen LogP contribution in [0.25, 0.3) is 0 Å². The molecule has 0 aliphatic rings. The molecule has 0 spiro atoms. The Morgan fingerprint density at radius 2 is 2.06 bits per heavy atom. The molecule has 0 aliphatic heterocycles. The lowest BCUT2D eigenvalue weighted by atomic mass is 10.1. The molecule has 0 radical (unpaired) electrons. The predicted octanol–water partition coefficient (Wildman–Crippen LogP) is 2.25. The molecule has 0 aromatic heterocycles. The second kappa shape index (κ2) is 7.30. The van der Waals surface area contributed by atoms with Gasteiger partial charge in [0.2, 0.25) is 0 Å². The molecule has 0 saturated carbocycles. The van der Waals surface area contributed by atoms with Crippen LogP contribution in [0, 0.1) is 0 Å². The van der Waals surface area contributed by atoms with E-state index in [-0.39, 0.29) is 0 Å². The molecule has 96 valence electrons. The Morgan fingerprint density at radius 1 is 1.35 bits per heavy atom. The summed E-state index contributed by atoms with van der Waals surface area (Å²) in [7, 11) is 3.87. The van der Waals surface area contributed by atoms with E-state index in [0.717, 1.165) is 31.7 Å². The molecule has 1 aromatic carbocycles. The van der Waals surface area contributed by atoms with Gasteiger partial charge >= 0.3 is 0 Å². The Morgan fingerprint density at radius 3 is 2.71 bits per heavy atom. The Hall–Kier alpha value is -1.06. The quantitative estimate of drug-likeness (QED) is 0.789. The highest BCUT2D eigenvalue weighted by atomic mass is 16.5. The van der Waals surface area contributed by atoms with Crippen molar-refractivity contribution in [3.63, 3.8) is 0 Å². The Labute approximate surface area is 105 Å². The largest absolute Gasteiger partial charge is 0.496 e. The van der Waals surface area contributed by atoms with E-state index >= 15 is 0 Å². The molecule has 1 rings (SSSR count).